The van der Waals surface area contributed by atoms with Crippen molar-refractivity contribution in [2.45, 2.75) is 206 Å². The Labute approximate surface area is 290 Å². The van der Waals surface area contributed by atoms with E-state index in [0.717, 1.165) is 31.2 Å². The molecule has 0 bridgehead atoms. The lowest BCUT2D eigenvalue weighted by Crippen LogP contribution is -2.28. The first kappa shape index (κ1) is 43.1. The molecule has 5 nitrogen and oxygen atoms in total. The van der Waals surface area contributed by atoms with Gasteiger partial charge in [0, 0.05) is 12.8 Å². The highest BCUT2D eigenvalue weighted by molar-refractivity contribution is 5.69. The molecule has 0 spiro atoms. The quantitative estimate of drug-likeness (QED) is 0.0536. The summed E-state index contributed by atoms with van der Waals surface area (Å²) in [7, 11) is 0. The summed E-state index contributed by atoms with van der Waals surface area (Å²) in [6.45, 7) is 5.14. The summed E-state index contributed by atoms with van der Waals surface area (Å²) < 4.78 is 17.1. The van der Waals surface area contributed by atoms with E-state index >= 15 is 0 Å². The molecule has 5 heteroatoms. The molecule has 0 amide bonds. The molecule has 0 aliphatic rings. The van der Waals surface area contributed by atoms with Crippen molar-refractivity contribution in [3.05, 3.63) is 35.9 Å². The minimum Gasteiger partial charge on any atom is -0.463 e. The predicted octanol–water partition coefficient (Wildman–Crippen LogP) is 12.6. The lowest BCUT2D eigenvalue weighted by atomic mass is 10.0. The van der Waals surface area contributed by atoms with Crippen LogP contribution >= 0.6 is 0 Å². The maximum Gasteiger partial charge on any atom is 0.305 e. The first-order valence-corrected chi connectivity index (χ1v) is 20.1. The normalized spacial score (nSPS) is 11.3. The van der Waals surface area contributed by atoms with Gasteiger partial charge in [0.05, 0.1) is 6.61 Å². The van der Waals surface area contributed by atoms with E-state index in [1.807, 2.05) is 30.3 Å². The van der Waals surface area contributed by atoms with Gasteiger partial charge in [0.15, 0.2) is 0 Å². The van der Waals surface area contributed by atoms with Crippen LogP contribution in [0.1, 0.15) is 199 Å². The van der Waals surface area contributed by atoms with E-state index in [9.17, 15) is 9.59 Å². The predicted molar refractivity (Wildman–Crippen MR) is 198 cm³/mol. The number of carbonyl (C=O) groups excluding carboxylic acids is 2. The fourth-order valence-electron chi connectivity index (χ4n) is 6.02. The molecule has 0 radical (unpaired) electrons. The summed E-state index contributed by atoms with van der Waals surface area (Å²) in [5, 5.41) is 0. The number of esters is 2. The Morgan fingerprint density at radius 3 is 1.13 bits per heavy atom. The Hall–Kier alpha value is -1.88. The first-order chi connectivity index (χ1) is 23.2. The van der Waals surface area contributed by atoms with Gasteiger partial charge in [0.2, 0.25) is 0 Å². The molecule has 0 fully saturated rings. The molecule has 47 heavy (non-hydrogen) atoms. The highest BCUT2D eigenvalue weighted by Gasteiger charge is 2.16. The molecule has 1 rings (SSSR count). The number of hydrogen-bond acceptors (Lipinski definition) is 5. The number of hydrogen-bond donors (Lipinski definition) is 0. The zero-order valence-corrected chi connectivity index (χ0v) is 30.9. The van der Waals surface area contributed by atoms with Gasteiger partial charge in [0.1, 0.15) is 19.3 Å². The molecule has 1 aromatic carbocycles. The average Bonchev–Trinajstić information content (AvgIpc) is 3.09. The Balaban J connectivity index is 2.14. The maximum atomic E-state index is 12.4. The van der Waals surface area contributed by atoms with E-state index in [1.165, 1.54) is 141 Å². The molecule has 0 aliphatic heterocycles. The van der Waals surface area contributed by atoms with Crippen LogP contribution in [0.5, 0.6) is 0 Å². The summed E-state index contributed by atoms with van der Waals surface area (Å²) in [4.78, 5) is 24.9. The van der Waals surface area contributed by atoms with E-state index < -0.39 is 6.10 Å². The third kappa shape index (κ3) is 30.0. The van der Waals surface area contributed by atoms with Gasteiger partial charge in [-0.3, -0.25) is 9.59 Å². The summed E-state index contributed by atoms with van der Waals surface area (Å²) >= 11 is 0. The fourth-order valence-corrected chi connectivity index (χ4v) is 6.02. The summed E-state index contributed by atoms with van der Waals surface area (Å²) in [5.41, 5.74) is 1.04. The zero-order chi connectivity index (χ0) is 33.9. The van der Waals surface area contributed by atoms with E-state index in [-0.39, 0.29) is 25.2 Å². The molecule has 0 aromatic heterocycles. The molecule has 272 valence electrons. The van der Waals surface area contributed by atoms with Crippen molar-refractivity contribution in [3.8, 4) is 0 Å². The van der Waals surface area contributed by atoms with Gasteiger partial charge >= 0.3 is 11.9 Å². The molecular weight excluding hydrogens is 584 g/mol. The van der Waals surface area contributed by atoms with E-state index in [1.54, 1.807) is 0 Å². The number of ether oxygens (including phenoxy) is 3. The molecule has 1 aromatic rings. The molecule has 0 saturated carbocycles. The number of carbonyl (C=O) groups is 2. The number of rotatable bonds is 35. The Morgan fingerprint density at radius 1 is 0.468 bits per heavy atom. The molecular formula is C42H74O5. The Kier molecular flexibility index (Phi) is 31.2. The van der Waals surface area contributed by atoms with Crippen LogP contribution in [0, 0.1) is 0 Å². The van der Waals surface area contributed by atoms with Crippen molar-refractivity contribution in [2.24, 2.45) is 0 Å². The van der Waals surface area contributed by atoms with Crippen LogP contribution in [-0.2, 0) is 30.4 Å². The lowest BCUT2D eigenvalue weighted by molar-refractivity contribution is -0.156. The smallest absolute Gasteiger partial charge is 0.305 e. The van der Waals surface area contributed by atoms with Crippen LogP contribution in [0.15, 0.2) is 30.3 Å². The van der Waals surface area contributed by atoms with Crippen LogP contribution in [0.25, 0.3) is 0 Å². The minimum atomic E-state index is -0.471. The van der Waals surface area contributed by atoms with Crippen molar-refractivity contribution < 1.29 is 23.8 Å². The first-order valence-electron chi connectivity index (χ1n) is 20.1. The van der Waals surface area contributed by atoms with Gasteiger partial charge in [-0.15, -0.1) is 0 Å². The topological polar surface area (TPSA) is 61.8 Å². The Morgan fingerprint density at radius 2 is 0.787 bits per heavy atom. The third-order valence-electron chi connectivity index (χ3n) is 9.16. The van der Waals surface area contributed by atoms with Crippen molar-refractivity contribution in [2.75, 3.05) is 13.2 Å². The molecule has 0 heterocycles. The van der Waals surface area contributed by atoms with Gasteiger partial charge in [-0.1, -0.05) is 198 Å². The summed E-state index contributed by atoms with van der Waals surface area (Å²) in [5.74, 6) is -0.389. The third-order valence-corrected chi connectivity index (χ3v) is 9.16. The minimum absolute atomic E-state index is 0.107. The number of unbranched alkanes of at least 4 members (excludes halogenated alkanes) is 24. The Bertz CT molecular complexity index is 764. The van der Waals surface area contributed by atoms with Crippen LogP contribution in [0.4, 0.5) is 0 Å². The van der Waals surface area contributed by atoms with Crippen LogP contribution in [-0.4, -0.2) is 31.3 Å². The van der Waals surface area contributed by atoms with E-state index in [2.05, 4.69) is 13.8 Å². The zero-order valence-electron chi connectivity index (χ0n) is 30.9. The molecule has 0 saturated heterocycles. The fraction of sp³-hybridized carbons (Fsp3) is 0.810. The second-order valence-corrected chi connectivity index (χ2v) is 13.8. The van der Waals surface area contributed by atoms with Gasteiger partial charge < -0.3 is 14.2 Å². The van der Waals surface area contributed by atoms with Gasteiger partial charge in [0.25, 0.3) is 0 Å². The summed E-state index contributed by atoms with van der Waals surface area (Å²) in [6, 6.07) is 9.91. The molecule has 0 aliphatic carbocycles. The average molecular weight is 659 g/mol. The SMILES string of the molecule is CCCCCCCCCCCCCCCC(=O)OCC(COC(=O)CCCCCCCCCCCCCCC)OCc1ccccc1. The number of benzene rings is 1. The monoisotopic (exact) mass is 659 g/mol. The van der Waals surface area contributed by atoms with E-state index in [4.69, 9.17) is 14.2 Å². The summed E-state index contributed by atoms with van der Waals surface area (Å²) in [6.07, 6.45) is 33.7. The van der Waals surface area contributed by atoms with Crippen molar-refractivity contribution in [1.29, 1.82) is 0 Å². The second kappa shape index (κ2) is 34.0. The standard InChI is InChI=1S/C42H74O5/c1-3-5-7-9-11-13-15-17-19-21-23-25-30-34-41(43)46-37-40(45-36-39-32-28-27-29-33-39)38-47-42(44)35-31-26-24-22-20-18-16-14-12-10-8-6-4-2/h27-29,32-33,40H,3-26,30-31,34-38H2,1-2H3. The van der Waals surface area contributed by atoms with Gasteiger partial charge in [-0.2, -0.15) is 0 Å². The van der Waals surface area contributed by atoms with Crippen LogP contribution in [0.3, 0.4) is 0 Å². The van der Waals surface area contributed by atoms with Crippen molar-refractivity contribution in [1.82, 2.24) is 0 Å². The lowest BCUT2D eigenvalue weighted by Gasteiger charge is -2.18. The maximum absolute atomic E-state index is 12.4. The van der Waals surface area contributed by atoms with Crippen molar-refractivity contribution in [3.63, 3.8) is 0 Å². The van der Waals surface area contributed by atoms with Crippen LogP contribution in [0.2, 0.25) is 0 Å². The van der Waals surface area contributed by atoms with Crippen molar-refractivity contribution >= 4 is 11.9 Å². The largest absolute Gasteiger partial charge is 0.463 e. The molecule has 0 atom stereocenters. The van der Waals surface area contributed by atoms with Crippen LogP contribution < -0.4 is 0 Å². The second-order valence-electron chi connectivity index (χ2n) is 13.8. The highest BCUT2D eigenvalue weighted by atomic mass is 16.6. The van der Waals surface area contributed by atoms with E-state index in [0.29, 0.717) is 19.4 Å². The molecule has 0 N–H and O–H groups in total. The molecule has 0 unspecified atom stereocenters. The highest BCUT2D eigenvalue weighted by Crippen LogP contribution is 2.15. The van der Waals surface area contributed by atoms with Gasteiger partial charge in [-0.05, 0) is 18.4 Å². The van der Waals surface area contributed by atoms with Gasteiger partial charge in [-0.25, -0.2) is 0 Å².